The summed E-state index contributed by atoms with van der Waals surface area (Å²) in [6.07, 6.45) is 0. The van der Waals surface area contributed by atoms with Crippen molar-refractivity contribution < 1.29 is 0 Å². The quantitative estimate of drug-likeness (QED) is 0.599. The first kappa shape index (κ1) is 21.7. The molecule has 2 radical (unpaired) electrons. The van der Waals surface area contributed by atoms with E-state index in [1.807, 2.05) is 0 Å². The van der Waals surface area contributed by atoms with Gasteiger partial charge in [0.1, 0.15) is 0 Å². The van der Waals surface area contributed by atoms with Gasteiger partial charge in [0.05, 0.1) is 0 Å². The standard InChI is InChI=1S/C9H27Si4.2C2H5.Al/c1-11(2,3)10(12(4,5)6)13(7,8)9;2*1-2;/h1-9H3;2*1H2,2H3;. The average Bonchev–Trinajstić information content (AvgIpc) is 1.96. The summed E-state index contributed by atoms with van der Waals surface area (Å²) < 4.78 is 0. The molecule has 0 spiro atoms. The van der Waals surface area contributed by atoms with Gasteiger partial charge < -0.3 is 0 Å². The van der Waals surface area contributed by atoms with Crippen LogP contribution in [0.5, 0.6) is 0 Å². The third-order valence-corrected chi connectivity index (χ3v) is 62.5. The molecule has 0 amide bonds. The van der Waals surface area contributed by atoms with Crippen molar-refractivity contribution in [1.82, 2.24) is 0 Å². The Hall–Kier alpha value is 1.40. The van der Waals surface area contributed by atoms with E-state index in [1.54, 1.807) is 0 Å². The molecule has 0 aromatic heterocycles. The van der Waals surface area contributed by atoms with Gasteiger partial charge in [-0.3, -0.25) is 0 Å². The molecular formula is C13H37AlSi4. The summed E-state index contributed by atoms with van der Waals surface area (Å²) in [4.78, 5) is 0. The van der Waals surface area contributed by atoms with Crippen molar-refractivity contribution in [3.05, 3.63) is 0 Å². The minimum absolute atomic E-state index is 0.0255. The first-order valence-electron chi connectivity index (χ1n) is 7.48. The van der Waals surface area contributed by atoms with Crippen LogP contribution in [-0.2, 0) is 0 Å². The number of rotatable bonds is 5. The van der Waals surface area contributed by atoms with Crippen LogP contribution in [0.15, 0.2) is 0 Å². The van der Waals surface area contributed by atoms with Gasteiger partial charge in [-0.05, 0) is 0 Å². The summed E-state index contributed by atoms with van der Waals surface area (Å²) in [5, 5.41) is 2.85. The van der Waals surface area contributed by atoms with Crippen LogP contribution in [0.4, 0.5) is 0 Å². The van der Waals surface area contributed by atoms with Crippen molar-refractivity contribution in [3.8, 4) is 0 Å². The summed E-state index contributed by atoms with van der Waals surface area (Å²) in [5.41, 5.74) is 0. The second-order valence-corrected chi connectivity index (χ2v) is 47.2. The van der Waals surface area contributed by atoms with Crippen LogP contribution in [-0.4, -0.2) is 45.3 Å². The lowest BCUT2D eigenvalue weighted by atomic mass is 10.9. The number of hydrogen-bond acceptors (Lipinski definition) is 0. The van der Waals surface area contributed by atoms with Crippen LogP contribution >= 0.6 is 0 Å². The highest BCUT2D eigenvalue weighted by molar-refractivity contribution is 7.81. The summed E-state index contributed by atoms with van der Waals surface area (Å²) in [6, 6.07) is 0. The average molecular weight is 333 g/mol. The molecule has 0 bridgehead atoms. The molecule has 0 saturated carbocycles. The first-order valence-corrected chi connectivity index (χ1v) is 24.1. The minimum atomic E-state index is -0.832. The van der Waals surface area contributed by atoms with Crippen LogP contribution in [0.1, 0.15) is 13.8 Å². The normalized spacial score (nSPS) is 13.1. The first-order chi connectivity index (χ1) is 7.78. The number of hydrogen-bond donors (Lipinski definition) is 0. The fourth-order valence-corrected chi connectivity index (χ4v) is 92.0. The molecular weight excluding hydrogens is 295 g/mol. The second-order valence-electron chi connectivity index (χ2n) is 8.23. The lowest BCUT2D eigenvalue weighted by Gasteiger charge is -2.44. The summed E-state index contributed by atoms with van der Waals surface area (Å²) in [5.74, 6) is 0. The van der Waals surface area contributed by atoms with Gasteiger partial charge >= 0.3 is 0 Å². The van der Waals surface area contributed by atoms with Crippen molar-refractivity contribution in [1.29, 1.82) is 0 Å². The molecule has 108 valence electrons. The van der Waals surface area contributed by atoms with Gasteiger partial charge in [-0.15, -0.1) is 10.6 Å². The van der Waals surface area contributed by atoms with Crippen LogP contribution in [0.25, 0.3) is 0 Å². The van der Waals surface area contributed by atoms with Crippen molar-refractivity contribution in [3.63, 3.8) is 0 Å². The van der Waals surface area contributed by atoms with Crippen molar-refractivity contribution in [2.45, 2.75) is 83.3 Å². The van der Waals surface area contributed by atoms with Gasteiger partial charge in [0.2, 0.25) is 0 Å². The van der Waals surface area contributed by atoms with Gasteiger partial charge in [-0.2, -0.15) is 0 Å². The van der Waals surface area contributed by atoms with E-state index in [-0.39, 0.29) is 7.35 Å². The Balaban J connectivity index is 0. The SMILES string of the molecule is C[CH2][Al][CH2]C.C[Si](C)(C)[Si]([Si](C)(C)C)[Si](C)(C)C. The molecule has 0 N–H and O–H groups in total. The molecule has 0 saturated heterocycles. The summed E-state index contributed by atoms with van der Waals surface area (Å²) in [7, 11) is -2.47. The lowest BCUT2D eigenvalue weighted by Crippen LogP contribution is -2.70. The third-order valence-electron chi connectivity index (χ3n) is 2.83. The molecule has 18 heavy (non-hydrogen) atoms. The van der Waals surface area contributed by atoms with E-state index in [4.69, 9.17) is 0 Å². The zero-order valence-corrected chi connectivity index (χ0v) is 20.1. The van der Waals surface area contributed by atoms with Crippen molar-refractivity contribution in [2.24, 2.45) is 0 Å². The van der Waals surface area contributed by atoms with Gasteiger partial charge in [0.25, 0.3) is 0 Å². The van der Waals surface area contributed by atoms with Crippen molar-refractivity contribution >= 4 is 45.3 Å². The Morgan fingerprint density at radius 3 is 0.833 bits per heavy atom. The van der Waals surface area contributed by atoms with Gasteiger partial charge in [-0.1, -0.05) is 72.8 Å². The third kappa shape index (κ3) is 10.2. The predicted octanol–water partition coefficient (Wildman–Crippen LogP) is 5.30. The Morgan fingerprint density at radius 2 is 0.833 bits per heavy atom. The zero-order valence-electron chi connectivity index (χ0n) is 15.0. The Morgan fingerprint density at radius 1 is 0.611 bits per heavy atom. The maximum Gasteiger partial charge on any atom is 0.198 e. The second kappa shape index (κ2) is 8.63. The van der Waals surface area contributed by atoms with E-state index < -0.39 is 22.8 Å². The van der Waals surface area contributed by atoms with Crippen LogP contribution < -0.4 is 0 Å². The lowest BCUT2D eigenvalue weighted by molar-refractivity contribution is 1.36. The van der Waals surface area contributed by atoms with E-state index in [0.717, 1.165) is 15.2 Å². The highest BCUT2D eigenvalue weighted by Crippen LogP contribution is 2.25. The Kier molecular flexibility index (Phi) is 10.4. The predicted molar refractivity (Wildman–Crippen MR) is 103 cm³/mol. The molecule has 5 heteroatoms. The van der Waals surface area contributed by atoms with E-state index in [2.05, 4.69) is 72.8 Å². The Labute approximate surface area is 128 Å². The molecule has 0 rings (SSSR count). The molecule has 0 aliphatic rings. The molecule has 0 unspecified atom stereocenters. The topological polar surface area (TPSA) is 0 Å². The highest BCUT2D eigenvalue weighted by Gasteiger charge is 2.46. The zero-order chi connectivity index (χ0) is 15.2. The summed E-state index contributed by atoms with van der Waals surface area (Å²) in [6.45, 7) is 28.0. The molecule has 0 aliphatic heterocycles. The van der Waals surface area contributed by atoms with Gasteiger partial charge in [0.15, 0.2) is 15.2 Å². The minimum Gasteiger partial charge on any atom is -0.106 e. The smallest absolute Gasteiger partial charge is 0.106 e. The molecule has 0 aromatic carbocycles. The molecule has 0 atom stereocenters. The molecule has 0 fully saturated rings. The van der Waals surface area contributed by atoms with Crippen LogP contribution in [0.2, 0.25) is 69.5 Å². The summed E-state index contributed by atoms with van der Waals surface area (Å²) >= 11 is 0.815. The van der Waals surface area contributed by atoms with Gasteiger partial charge in [0, 0.05) is 30.1 Å². The fourth-order valence-electron chi connectivity index (χ4n) is 3.66. The molecule has 0 aliphatic carbocycles. The molecule has 0 aromatic rings. The largest absolute Gasteiger partial charge is 0.198 e. The molecule has 0 nitrogen and oxygen atoms in total. The van der Waals surface area contributed by atoms with Crippen molar-refractivity contribution in [2.75, 3.05) is 0 Å². The van der Waals surface area contributed by atoms with E-state index in [0.29, 0.717) is 0 Å². The highest BCUT2D eigenvalue weighted by atomic mass is 29.9. The maximum atomic E-state index is 2.61. The van der Waals surface area contributed by atoms with E-state index in [9.17, 15) is 0 Å². The van der Waals surface area contributed by atoms with Crippen LogP contribution in [0, 0.1) is 0 Å². The Bertz CT molecular complexity index is 175. The maximum absolute atomic E-state index is 2.61. The van der Waals surface area contributed by atoms with E-state index >= 15 is 0 Å². The van der Waals surface area contributed by atoms with Gasteiger partial charge in [-0.25, -0.2) is 0 Å². The monoisotopic (exact) mass is 332 g/mol. The fraction of sp³-hybridized carbons (Fsp3) is 1.00. The molecule has 0 heterocycles. The van der Waals surface area contributed by atoms with E-state index in [1.165, 1.54) is 10.6 Å². The van der Waals surface area contributed by atoms with Crippen LogP contribution in [0.3, 0.4) is 0 Å².